The van der Waals surface area contributed by atoms with Crippen LogP contribution < -0.4 is 28.3 Å². The van der Waals surface area contributed by atoms with Crippen LogP contribution in [0.3, 0.4) is 0 Å². The number of fused-ring (bicyclic) bond motifs is 2. The molecule has 0 saturated carbocycles. The maximum Gasteiger partial charge on any atom is 1.00 e. The van der Waals surface area contributed by atoms with E-state index in [9.17, 15) is 37.3 Å². The number of benzene rings is 6. The molecular weight excluding hydrogens is 750 g/mol. The second-order valence-electron chi connectivity index (χ2n) is 10.4. The first-order valence-corrected chi connectivity index (χ1v) is 17.6. The minimum absolute atomic E-state index is 0. The van der Waals surface area contributed by atoms with E-state index in [1.807, 2.05) is 24.3 Å². The number of rotatable bonds is 8. The van der Waals surface area contributed by atoms with Crippen molar-refractivity contribution in [3.05, 3.63) is 109 Å². The summed E-state index contributed by atoms with van der Waals surface area (Å²) in [6, 6.07) is 28.5. The summed E-state index contributed by atoms with van der Waals surface area (Å²) >= 11 is 0. The third kappa shape index (κ3) is 9.33. The third-order valence-corrected chi connectivity index (χ3v) is 10.1. The van der Waals surface area contributed by atoms with Gasteiger partial charge >= 0.3 is 18.9 Å². The zero-order valence-electron chi connectivity index (χ0n) is 27.8. The molecule has 0 aromatic heterocycles. The summed E-state index contributed by atoms with van der Waals surface area (Å²) in [5.74, 6) is -0.584. The first-order chi connectivity index (χ1) is 23.8. The molecule has 0 saturated heterocycles. The fourth-order valence-electron chi connectivity index (χ4n) is 4.64. The van der Waals surface area contributed by atoms with Gasteiger partial charge < -0.3 is 20.4 Å². The smallest absolute Gasteiger partial charge is 0.506 e. The van der Waals surface area contributed by atoms with Crippen LogP contribution in [0.15, 0.2) is 139 Å². The zero-order valence-corrected chi connectivity index (χ0v) is 30.4. The average Bonchev–Trinajstić information content (AvgIpc) is 3.12. The van der Waals surface area contributed by atoms with Crippen molar-refractivity contribution < 1.29 is 72.9 Å². The van der Waals surface area contributed by atoms with Crippen molar-refractivity contribution in [2.75, 3.05) is 14.1 Å². The molecule has 18 heteroatoms. The molecule has 6 N–H and O–H groups in total. The zero-order chi connectivity index (χ0) is 36.1. The number of phenolic OH excluding ortho intramolecular Hbond substituents is 4. The standard InChI is InChI=1S/2C17H15N3O4S.Co.Li/c2*1-18-25(23,24)12-7-9-15(21)14(10-12)19-20-17-13-5-3-2-4-11(13)6-8-16(17)22;;/h2*2-10,18,21-22H,1H3;;/q;;;+1. The topological polar surface area (TPSA) is 223 Å². The molecule has 0 aliphatic heterocycles. The van der Waals surface area contributed by atoms with Gasteiger partial charge in [0, 0.05) is 27.6 Å². The van der Waals surface area contributed by atoms with Crippen LogP contribution in [-0.4, -0.2) is 51.4 Å². The van der Waals surface area contributed by atoms with Crippen LogP contribution in [0.4, 0.5) is 22.7 Å². The number of phenols is 4. The Kier molecular flexibility index (Phi) is 14.1. The molecule has 6 rings (SSSR count). The second kappa shape index (κ2) is 17.6. The van der Waals surface area contributed by atoms with Gasteiger partial charge in [0.25, 0.3) is 0 Å². The average molecular weight is 781 g/mol. The van der Waals surface area contributed by atoms with Gasteiger partial charge in [-0.2, -0.15) is 0 Å². The molecule has 0 unspecified atom stereocenters. The first kappa shape index (κ1) is 41.6. The van der Waals surface area contributed by atoms with Crippen molar-refractivity contribution in [1.29, 1.82) is 0 Å². The van der Waals surface area contributed by atoms with Gasteiger partial charge in [0.15, 0.2) is 0 Å². The van der Waals surface area contributed by atoms with Crippen LogP contribution in [0.5, 0.6) is 23.0 Å². The molecule has 6 aromatic carbocycles. The van der Waals surface area contributed by atoms with E-state index in [-0.39, 0.29) is 91.2 Å². The Morgan fingerprint density at radius 2 is 0.827 bits per heavy atom. The minimum Gasteiger partial charge on any atom is -0.506 e. The van der Waals surface area contributed by atoms with Crippen molar-refractivity contribution in [3.63, 3.8) is 0 Å². The fraction of sp³-hybridized carbons (Fsp3) is 0.0588. The summed E-state index contributed by atoms with van der Waals surface area (Å²) in [4.78, 5) is -0.104. The molecule has 0 aliphatic rings. The normalized spacial score (nSPS) is 11.6. The fourth-order valence-corrected chi connectivity index (χ4v) is 6.14. The maximum atomic E-state index is 11.9. The molecule has 0 amide bonds. The van der Waals surface area contributed by atoms with Crippen molar-refractivity contribution in [2.45, 2.75) is 9.79 Å². The van der Waals surface area contributed by atoms with E-state index in [1.54, 1.807) is 36.4 Å². The third-order valence-electron chi connectivity index (χ3n) is 7.33. The molecule has 0 heterocycles. The maximum absolute atomic E-state index is 11.9. The SMILES string of the molecule is CNS(=O)(=O)c1ccc(O)c(N=Nc2c(O)ccc3ccccc23)c1.CNS(=O)(=O)c1ccc(O)c(N=Nc2c(O)ccc3ccccc23)c1.[Co].[Li+]. The van der Waals surface area contributed by atoms with Crippen LogP contribution in [0.1, 0.15) is 0 Å². The van der Waals surface area contributed by atoms with Crippen LogP contribution in [-0.2, 0) is 36.8 Å². The molecule has 14 nitrogen and oxygen atoms in total. The van der Waals surface area contributed by atoms with Gasteiger partial charge in [0.1, 0.15) is 45.7 Å². The largest absolute Gasteiger partial charge is 1.00 e. The van der Waals surface area contributed by atoms with Gasteiger partial charge in [-0.3, -0.25) is 0 Å². The van der Waals surface area contributed by atoms with Gasteiger partial charge in [-0.25, -0.2) is 26.3 Å². The van der Waals surface area contributed by atoms with Crippen LogP contribution in [0.25, 0.3) is 21.5 Å². The predicted molar refractivity (Wildman–Crippen MR) is 188 cm³/mol. The molecule has 265 valence electrons. The number of nitrogens with zero attached hydrogens (tertiary/aromatic N) is 4. The first-order valence-electron chi connectivity index (χ1n) is 14.6. The number of hydrogen-bond donors (Lipinski definition) is 6. The second-order valence-corrected chi connectivity index (χ2v) is 14.2. The Balaban J connectivity index is 0.000000270. The number of aromatic hydroxyl groups is 4. The number of sulfonamides is 2. The van der Waals surface area contributed by atoms with E-state index in [0.717, 1.165) is 10.8 Å². The van der Waals surface area contributed by atoms with Crippen molar-refractivity contribution >= 4 is 64.3 Å². The summed E-state index contributed by atoms with van der Waals surface area (Å²) in [7, 11) is -4.77. The molecule has 1 radical (unpaired) electrons. The van der Waals surface area contributed by atoms with Gasteiger partial charge in [-0.05, 0) is 73.4 Å². The van der Waals surface area contributed by atoms with Crippen LogP contribution in [0, 0.1) is 0 Å². The van der Waals surface area contributed by atoms with E-state index in [2.05, 4.69) is 29.9 Å². The molecule has 52 heavy (non-hydrogen) atoms. The quantitative estimate of drug-likeness (QED) is 0.0971. The van der Waals surface area contributed by atoms with E-state index in [4.69, 9.17) is 0 Å². The molecular formula is C34H30CoLiN6O8S2+. The Labute approximate surface area is 321 Å². The molecule has 0 fully saturated rings. The van der Waals surface area contributed by atoms with Crippen molar-refractivity contribution in [3.8, 4) is 23.0 Å². The Bertz CT molecular complexity index is 2350. The molecule has 0 spiro atoms. The number of nitrogens with one attached hydrogen (secondary N) is 2. The summed E-state index contributed by atoms with van der Waals surface area (Å²) in [5.41, 5.74) is 0.422. The van der Waals surface area contributed by atoms with Crippen LogP contribution >= 0.6 is 0 Å². The van der Waals surface area contributed by atoms with E-state index >= 15 is 0 Å². The number of azo groups is 2. The molecule has 0 atom stereocenters. The molecule has 0 aliphatic carbocycles. The molecule has 0 bridgehead atoms. The number of hydrogen-bond acceptors (Lipinski definition) is 12. The summed E-state index contributed by atoms with van der Waals surface area (Å²) in [5, 5.41) is 58.9. The van der Waals surface area contributed by atoms with Gasteiger partial charge in [-0.15, -0.1) is 20.5 Å². The van der Waals surface area contributed by atoms with Gasteiger partial charge in [0.2, 0.25) is 20.0 Å². The monoisotopic (exact) mass is 780 g/mol. The predicted octanol–water partition coefficient (Wildman–Crippen LogP) is 4.15. The summed E-state index contributed by atoms with van der Waals surface area (Å²) in [6.45, 7) is 0. The van der Waals surface area contributed by atoms with E-state index in [1.165, 1.54) is 62.6 Å². The Morgan fingerprint density at radius 1 is 0.481 bits per heavy atom. The van der Waals surface area contributed by atoms with Crippen molar-refractivity contribution in [1.82, 2.24) is 9.44 Å². The van der Waals surface area contributed by atoms with Gasteiger partial charge in [-0.1, -0.05) is 60.7 Å². The van der Waals surface area contributed by atoms with E-state index < -0.39 is 20.0 Å². The van der Waals surface area contributed by atoms with Gasteiger partial charge in [0.05, 0.1) is 9.79 Å². The van der Waals surface area contributed by atoms with Crippen molar-refractivity contribution in [2.24, 2.45) is 20.5 Å². The minimum atomic E-state index is -3.68. The van der Waals surface area contributed by atoms with Crippen LogP contribution in [0.2, 0.25) is 0 Å². The Hall–Kier alpha value is -4.84. The summed E-state index contributed by atoms with van der Waals surface area (Å²) in [6.07, 6.45) is 0. The Morgan fingerprint density at radius 3 is 1.19 bits per heavy atom. The molecule has 6 aromatic rings. The summed E-state index contributed by atoms with van der Waals surface area (Å²) < 4.78 is 51.8. The van der Waals surface area contributed by atoms with E-state index in [0.29, 0.717) is 10.8 Å².